The lowest BCUT2D eigenvalue weighted by molar-refractivity contribution is 0.0711. The number of nitrogens with one attached hydrogen (secondary N) is 2. The third kappa shape index (κ3) is 4.64. The van der Waals surface area contributed by atoms with Crippen molar-refractivity contribution >= 4 is 23.2 Å². The van der Waals surface area contributed by atoms with Gasteiger partial charge in [0.25, 0.3) is 11.8 Å². The standard InChI is InChI=1S/C17H20N2O3S/c1-2-3-9-13(12-7-5-4-6-8-12)18-16(20)14-10-11-15(23-14)17(21)19-22/h4-8,10-11,13,22H,2-3,9H2,1H3,(H,18,20)(H,19,21)/t13-/m1/s1. The second kappa shape index (κ2) is 8.45. The molecule has 5 nitrogen and oxygen atoms in total. The highest BCUT2D eigenvalue weighted by Crippen LogP contribution is 2.22. The van der Waals surface area contributed by atoms with Gasteiger partial charge in [0.15, 0.2) is 0 Å². The third-order valence-corrected chi connectivity index (χ3v) is 4.59. The van der Waals surface area contributed by atoms with Gasteiger partial charge in [-0.1, -0.05) is 50.1 Å². The van der Waals surface area contributed by atoms with Crippen molar-refractivity contribution in [3.8, 4) is 0 Å². The fourth-order valence-corrected chi connectivity index (χ4v) is 3.08. The second-order valence-corrected chi connectivity index (χ2v) is 6.27. The van der Waals surface area contributed by atoms with E-state index in [2.05, 4.69) is 12.2 Å². The number of carbonyl (C=O) groups is 2. The van der Waals surface area contributed by atoms with Gasteiger partial charge in [0.05, 0.1) is 15.8 Å². The first kappa shape index (κ1) is 17.2. The van der Waals surface area contributed by atoms with E-state index in [1.54, 1.807) is 11.5 Å². The molecule has 0 spiro atoms. The lowest BCUT2D eigenvalue weighted by Crippen LogP contribution is -2.28. The number of unbranched alkanes of at least 4 members (excludes halogenated alkanes) is 1. The van der Waals surface area contributed by atoms with Crippen LogP contribution in [0.5, 0.6) is 0 Å². The minimum atomic E-state index is -0.611. The first-order valence-electron chi connectivity index (χ1n) is 7.55. The van der Waals surface area contributed by atoms with Crippen LogP contribution < -0.4 is 10.8 Å². The van der Waals surface area contributed by atoms with Gasteiger partial charge < -0.3 is 5.32 Å². The zero-order chi connectivity index (χ0) is 16.7. The zero-order valence-corrected chi connectivity index (χ0v) is 13.7. The van der Waals surface area contributed by atoms with Crippen LogP contribution >= 0.6 is 11.3 Å². The van der Waals surface area contributed by atoms with Crippen molar-refractivity contribution in [1.82, 2.24) is 10.8 Å². The molecule has 0 aliphatic rings. The van der Waals surface area contributed by atoms with Crippen molar-refractivity contribution in [1.29, 1.82) is 0 Å². The fourth-order valence-electron chi connectivity index (χ4n) is 2.28. The Morgan fingerprint density at radius 2 is 1.74 bits per heavy atom. The van der Waals surface area contributed by atoms with Crippen LogP contribution in [0.25, 0.3) is 0 Å². The van der Waals surface area contributed by atoms with Gasteiger partial charge in [0, 0.05) is 0 Å². The Hall–Kier alpha value is -2.18. The maximum Gasteiger partial charge on any atom is 0.284 e. The summed E-state index contributed by atoms with van der Waals surface area (Å²) in [6, 6.07) is 12.9. The van der Waals surface area contributed by atoms with E-state index in [1.807, 2.05) is 30.3 Å². The van der Waals surface area contributed by atoms with E-state index < -0.39 is 5.91 Å². The Morgan fingerprint density at radius 3 is 2.35 bits per heavy atom. The van der Waals surface area contributed by atoms with Crippen molar-refractivity contribution < 1.29 is 14.8 Å². The van der Waals surface area contributed by atoms with Crippen LogP contribution in [0.4, 0.5) is 0 Å². The van der Waals surface area contributed by atoms with Crippen molar-refractivity contribution in [3.05, 3.63) is 57.8 Å². The minimum absolute atomic E-state index is 0.0548. The van der Waals surface area contributed by atoms with Gasteiger partial charge in [0.2, 0.25) is 0 Å². The highest BCUT2D eigenvalue weighted by atomic mass is 32.1. The van der Waals surface area contributed by atoms with Gasteiger partial charge in [-0.2, -0.15) is 0 Å². The number of hydroxylamine groups is 1. The molecule has 0 aliphatic carbocycles. The molecule has 0 bridgehead atoms. The van der Waals surface area contributed by atoms with Crippen LogP contribution in [0.2, 0.25) is 0 Å². The normalized spacial score (nSPS) is 11.7. The first-order valence-corrected chi connectivity index (χ1v) is 8.37. The molecule has 1 atom stereocenters. The summed E-state index contributed by atoms with van der Waals surface area (Å²) in [5, 5.41) is 11.7. The topological polar surface area (TPSA) is 78.4 Å². The Labute approximate surface area is 139 Å². The number of hydrogen-bond donors (Lipinski definition) is 3. The molecule has 23 heavy (non-hydrogen) atoms. The molecule has 0 aliphatic heterocycles. The lowest BCUT2D eigenvalue weighted by Gasteiger charge is -2.18. The SMILES string of the molecule is CCCC[C@@H](NC(=O)c1ccc(C(=O)NO)s1)c1ccccc1. The molecular formula is C17H20N2O3S. The molecule has 0 unspecified atom stereocenters. The molecule has 2 rings (SSSR count). The maximum atomic E-state index is 12.4. The van der Waals surface area contributed by atoms with Crippen LogP contribution in [-0.4, -0.2) is 17.0 Å². The van der Waals surface area contributed by atoms with E-state index in [4.69, 9.17) is 5.21 Å². The summed E-state index contributed by atoms with van der Waals surface area (Å²) >= 11 is 1.05. The molecule has 0 fully saturated rings. The van der Waals surface area contributed by atoms with Crippen molar-refractivity contribution in [2.45, 2.75) is 32.2 Å². The molecule has 0 saturated heterocycles. The van der Waals surface area contributed by atoms with Crippen molar-refractivity contribution in [2.75, 3.05) is 0 Å². The monoisotopic (exact) mass is 332 g/mol. The molecule has 6 heteroatoms. The summed E-state index contributed by atoms with van der Waals surface area (Å²) in [4.78, 5) is 24.5. The predicted molar refractivity (Wildman–Crippen MR) is 89.7 cm³/mol. The number of carbonyl (C=O) groups excluding carboxylic acids is 2. The first-order chi connectivity index (χ1) is 11.2. The minimum Gasteiger partial charge on any atom is -0.345 e. The molecule has 3 N–H and O–H groups in total. The summed E-state index contributed by atoms with van der Waals surface area (Å²) in [7, 11) is 0. The van der Waals surface area contributed by atoms with E-state index in [0.29, 0.717) is 9.75 Å². The highest BCUT2D eigenvalue weighted by Gasteiger charge is 2.18. The number of amides is 2. The summed E-state index contributed by atoms with van der Waals surface area (Å²) in [5.74, 6) is -0.823. The van der Waals surface area contributed by atoms with Gasteiger partial charge in [-0.05, 0) is 24.1 Å². The number of thiophene rings is 1. The number of hydrogen-bond acceptors (Lipinski definition) is 4. The second-order valence-electron chi connectivity index (χ2n) is 5.18. The van der Waals surface area contributed by atoms with E-state index in [0.717, 1.165) is 36.2 Å². The Morgan fingerprint density at radius 1 is 1.09 bits per heavy atom. The Kier molecular flexibility index (Phi) is 6.31. The molecule has 122 valence electrons. The van der Waals surface area contributed by atoms with Gasteiger partial charge in [0.1, 0.15) is 0 Å². The predicted octanol–water partition coefficient (Wildman–Crippen LogP) is 3.53. The summed E-state index contributed by atoms with van der Waals surface area (Å²) in [6.07, 6.45) is 2.93. The highest BCUT2D eigenvalue weighted by molar-refractivity contribution is 7.15. The van der Waals surface area contributed by atoms with E-state index in [-0.39, 0.29) is 11.9 Å². The molecule has 1 aromatic heterocycles. The van der Waals surface area contributed by atoms with Crippen molar-refractivity contribution in [2.24, 2.45) is 0 Å². The van der Waals surface area contributed by atoms with E-state index in [9.17, 15) is 9.59 Å². The molecule has 1 heterocycles. The average Bonchev–Trinajstić information content (AvgIpc) is 3.08. The maximum absolute atomic E-state index is 12.4. The summed E-state index contributed by atoms with van der Waals surface area (Å²) in [5.41, 5.74) is 2.64. The lowest BCUT2D eigenvalue weighted by atomic mass is 10.0. The van der Waals surface area contributed by atoms with Crippen LogP contribution in [0.1, 0.15) is 57.1 Å². The van der Waals surface area contributed by atoms with Crippen LogP contribution in [-0.2, 0) is 0 Å². The largest absolute Gasteiger partial charge is 0.345 e. The van der Waals surface area contributed by atoms with Crippen LogP contribution in [0, 0.1) is 0 Å². The summed E-state index contributed by atoms with van der Waals surface area (Å²) in [6.45, 7) is 2.11. The van der Waals surface area contributed by atoms with E-state index in [1.165, 1.54) is 6.07 Å². The van der Waals surface area contributed by atoms with Crippen LogP contribution in [0.3, 0.4) is 0 Å². The summed E-state index contributed by atoms with van der Waals surface area (Å²) < 4.78 is 0. The number of rotatable bonds is 7. The quantitative estimate of drug-likeness (QED) is 0.536. The van der Waals surface area contributed by atoms with Gasteiger partial charge in [-0.3, -0.25) is 14.8 Å². The van der Waals surface area contributed by atoms with Crippen molar-refractivity contribution in [3.63, 3.8) is 0 Å². The molecule has 0 saturated carbocycles. The fraction of sp³-hybridized carbons (Fsp3) is 0.294. The number of benzene rings is 1. The van der Waals surface area contributed by atoms with Crippen LogP contribution in [0.15, 0.2) is 42.5 Å². The smallest absolute Gasteiger partial charge is 0.284 e. The zero-order valence-electron chi connectivity index (χ0n) is 12.9. The van der Waals surface area contributed by atoms with E-state index >= 15 is 0 Å². The Balaban J connectivity index is 2.11. The molecule has 1 aromatic carbocycles. The molecule has 2 aromatic rings. The molecular weight excluding hydrogens is 312 g/mol. The third-order valence-electron chi connectivity index (χ3n) is 3.51. The molecule has 0 radical (unpaired) electrons. The average molecular weight is 332 g/mol. The van der Waals surface area contributed by atoms with Gasteiger partial charge >= 0.3 is 0 Å². The molecule has 2 amide bonds. The van der Waals surface area contributed by atoms with Gasteiger partial charge in [-0.15, -0.1) is 11.3 Å². The Bertz CT molecular complexity index is 655. The van der Waals surface area contributed by atoms with Gasteiger partial charge in [-0.25, -0.2) is 5.48 Å².